The van der Waals surface area contributed by atoms with Crippen LogP contribution in [0.2, 0.25) is 14.4 Å². The number of likely N-dealkylation sites (tertiary alicyclic amines) is 2. The molecule has 226 valence electrons. The Bertz CT molecular complexity index is 1560. The van der Waals surface area contributed by atoms with Crippen molar-refractivity contribution in [2.24, 2.45) is 0 Å². The van der Waals surface area contributed by atoms with E-state index in [4.69, 9.17) is 34.8 Å². The number of piperidine rings is 1. The van der Waals surface area contributed by atoms with E-state index < -0.39 is 16.1 Å². The average molecular weight is 690 g/mol. The normalized spacial score (nSPS) is 19.7. The van der Waals surface area contributed by atoms with Crippen LogP contribution in [0, 0.1) is 0 Å². The number of carbonyl (C=O) groups excluding carboxylic acids is 2. The van der Waals surface area contributed by atoms with Gasteiger partial charge in [0, 0.05) is 42.0 Å². The largest absolute Gasteiger partial charge is 0.337 e. The summed E-state index contributed by atoms with van der Waals surface area (Å²) in [5, 5.41) is 1.02. The molecule has 2 atom stereocenters. The van der Waals surface area contributed by atoms with Crippen molar-refractivity contribution in [3.8, 4) is 9.75 Å². The van der Waals surface area contributed by atoms with Crippen LogP contribution < -0.4 is 4.72 Å². The Balaban J connectivity index is 1.17. The fourth-order valence-corrected chi connectivity index (χ4v) is 9.48. The van der Waals surface area contributed by atoms with E-state index in [0.29, 0.717) is 53.4 Å². The summed E-state index contributed by atoms with van der Waals surface area (Å²) in [7, 11) is -1.92. The van der Waals surface area contributed by atoms with Crippen LogP contribution in [0.1, 0.15) is 31.2 Å². The molecule has 3 aromatic rings. The number of sulfonamides is 1. The predicted octanol–water partition coefficient (Wildman–Crippen LogP) is 5.83. The van der Waals surface area contributed by atoms with Gasteiger partial charge in [-0.15, -0.1) is 22.7 Å². The Hall–Kier alpha value is -1.70. The molecular weight excluding hydrogens is 659 g/mol. The van der Waals surface area contributed by atoms with Crippen LogP contribution in [0.15, 0.2) is 46.7 Å². The van der Waals surface area contributed by atoms with Gasteiger partial charge in [-0.2, -0.15) is 4.72 Å². The van der Waals surface area contributed by atoms with E-state index in [1.54, 1.807) is 18.2 Å². The summed E-state index contributed by atoms with van der Waals surface area (Å²) in [4.78, 5) is 33.9. The van der Waals surface area contributed by atoms with E-state index in [1.165, 1.54) is 22.3 Å². The van der Waals surface area contributed by atoms with Crippen LogP contribution in [-0.4, -0.2) is 80.2 Å². The van der Waals surface area contributed by atoms with Crippen molar-refractivity contribution < 1.29 is 18.0 Å². The van der Waals surface area contributed by atoms with Crippen molar-refractivity contribution in [2.75, 3.05) is 33.2 Å². The maximum atomic E-state index is 13.4. The summed E-state index contributed by atoms with van der Waals surface area (Å²) in [5.74, 6) is -0.484. The third-order valence-electron chi connectivity index (χ3n) is 7.47. The molecule has 8 nitrogen and oxygen atoms in total. The quantitative estimate of drug-likeness (QED) is 0.290. The standard InChI is InChI=1S/C28H31Cl3N4O4S3/c1-33(15-18-6-7-20(29)21(30)14-18)16-19-4-2-13-35(19)26(36)17-34-12-3-5-22(28(34)37)32-42(38,39)27-11-9-24(41-27)23-8-10-25(31)40-23/h6-11,14,19,22,32H,2-5,12-13,15-17H2,1H3/t19-,22-/m0/s1. The lowest BCUT2D eigenvalue weighted by Crippen LogP contribution is -2.55. The number of likely N-dealkylation sites (N-methyl/N-ethyl adjacent to an activating group) is 1. The van der Waals surface area contributed by atoms with Crippen LogP contribution in [0.4, 0.5) is 0 Å². The van der Waals surface area contributed by atoms with Gasteiger partial charge in [0.1, 0.15) is 10.3 Å². The lowest BCUT2D eigenvalue weighted by Gasteiger charge is -2.34. The molecule has 2 saturated heterocycles. The van der Waals surface area contributed by atoms with Crippen LogP contribution in [0.5, 0.6) is 0 Å². The van der Waals surface area contributed by atoms with Gasteiger partial charge >= 0.3 is 0 Å². The maximum Gasteiger partial charge on any atom is 0.250 e. The molecule has 42 heavy (non-hydrogen) atoms. The zero-order valence-electron chi connectivity index (χ0n) is 22.9. The van der Waals surface area contributed by atoms with Crippen LogP contribution in [-0.2, 0) is 26.2 Å². The molecule has 1 aromatic carbocycles. The van der Waals surface area contributed by atoms with Crippen molar-refractivity contribution in [3.05, 3.63) is 62.4 Å². The van der Waals surface area contributed by atoms with Gasteiger partial charge < -0.3 is 14.7 Å². The van der Waals surface area contributed by atoms with Gasteiger partial charge in [-0.1, -0.05) is 40.9 Å². The number of nitrogens with one attached hydrogen (secondary N) is 1. The molecule has 2 aliphatic rings. The van der Waals surface area contributed by atoms with Crippen LogP contribution >= 0.6 is 57.5 Å². The highest BCUT2D eigenvalue weighted by Crippen LogP contribution is 2.37. The first-order chi connectivity index (χ1) is 20.0. The first-order valence-electron chi connectivity index (χ1n) is 13.6. The molecule has 0 unspecified atom stereocenters. The van der Waals surface area contributed by atoms with Gasteiger partial charge in [0.05, 0.1) is 20.9 Å². The van der Waals surface area contributed by atoms with Gasteiger partial charge in [0.25, 0.3) is 10.0 Å². The molecular formula is C28H31Cl3N4O4S3. The molecule has 5 rings (SSSR count). The maximum absolute atomic E-state index is 13.4. The monoisotopic (exact) mass is 688 g/mol. The molecule has 2 amide bonds. The van der Waals surface area contributed by atoms with Crippen molar-refractivity contribution in [1.82, 2.24) is 19.4 Å². The SMILES string of the molecule is CN(Cc1ccc(Cl)c(Cl)c1)C[C@@H]1CCCN1C(=O)CN1CCC[C@H](NS(=O)(=O)c2ccc(-c3ccc(Cl)s3)s2)C1=O. The number of hydrogen-bond donors (Lipinski definition) is 1. The highest BCUT2D eigenvalue weighted by atomic mass is 35.5. The summed E-state index contributed by atoms with van der Waals surface area (Å²) in [6, 6.07) is 11.6. The Labute approximate surface area is 269 Å². The average Bonchev–Trinajstić information content (AvgIpc) is 3.70. The molecule has 4 heterocycles. The number of carbonyl (C=O) groups is 2. The Kier molecular flexibility index (Phi) is 10.2. The lowest BCUT2D eigenvalue weighted by molar-refractivity contribution is -0.143. The third-order valence-corrected chi connectivity index (χ3v) is 12.7. The molecule has 2 aromatic heterocycles. The van der Waals surface area contributed by atoms with E-state index in [0.717, 1.165) is 39.5 Å². The van der Waals surface area contributed by atoms with Gasteiger partial charge in [-0.05, 0) is 74.7 Å². The van der Waals surface area contributed by atoms with E-state index in [1.807, 2.05) is 30.1 Å². The van der Waals surface area contributed by atoms with E-state index in [9.17, 15) is 18.0 Å². The molecule has 2 fully saturated rings. The number of hydrogen-bond acceptors (Lipinski definition) is 7. The first kappa shape index (κ1) is 31.7. The van der Waals surface area contributed by atoms with Crippen molar-refractivity contribution >= 4 is 79.3 Å². The Morgan fingerprint density at radius 2 is 1.74 bits per heavy atom. The molecule has 0 radical (unpaired) electrons. The molecule has 0 spiro atoms. The molecule has 0 bridgehead atoms. The highest BCUT2D eigenvalue weighted by molar-refractivity contribution is 7.91. The topological polar surface area (TPSA) is 90.0 Å². The van der Waals surface area contributed by atoms with Gasteiger partial charge in [-0.3, -0.25) is 9.59 Å². The third kappa shape index (κ3) is 7.50. The number of rotatable bonds is 10. The van der Waals surface area contributed by atoms with Gasteiger partial charge in [-0.25, -0.2) is 8.42 Å². The Morgan fingerprint density at radius 3 is 2.48 bits per heavy atom. The van der Waals surface area contributed by atoms with E-state index in [-0.39, 0.29) is 28.6 Å². The summed E-state index contributed by atoms with van der Waals surface area (Å²) < 4.78 is 29.7. The van der Waals surface area contributed by atoms with Crippen molar-refractivity contribution in [1.29, 1.82) is 0 Å². The fourth-order valence-electron chi connectivity index (χ4n) is 5.48. The molecule has 0 aliphatic carbocycles. The van der Waals surface area contributed by atoms with Crippen molar-refractivity contribution in [2.45, 2.75) is 48.5 Å². The second-order valence-electron chi connectivity index (χ2n) is 10.6. The number of amides is 2. The van der Waals surface area contributed by atoms with Gasteiger partial charge in [0.15, 0.2) is 0 Å². The van der Waals surface area contributed by atoms with Gasteiger partial charge in [0.2, 0.25) is 11.8 Å². The zero-order valence-corrected chi connectivity index (χ0v) is 27.6. The number of thiophene rings is 2. The first-order valence-corrected chi connectivity index (χ1v) is 17.8. The van der Waals surface area contributed by atoms with E-state index in [2.05, 4.69) is 9.62 Å². The second-order valence-corrected chi connectivity index (χ2v) is 16.2. The summed E-state index contributed by atoms with van der Waals surface area (Å²) in [6.07, 6.45) is 2.76. The summed E-state index contributed by atoms with van der Waals surface area (Å²) >= 11 is 20.7. The van der Waals surface area contributed by atoms with E-state index >= 15 is 0 Å². The Morgan fingerprint density at radius 1 is 1.00 bits per heavy atom. The predicted molar refractivity (Wildman–Crippen MR) is 170 cm³/mol. The smallest absolute Gasteiger partial charge is 0.250 e. The molecule has 0 saturated carbocycles. The zero-order chi connectivity index (χ0) is 30.0. The fraction of sp³-hybridized carbons (Fsp3) is 0.429. The minimum Gasteiger partial charge on any atom is -0.337 e. The number of halogens is 3. The second kappa shape index (κ2) is 13.5. The number of nitrogens with zero attached hydrogens (tertiary/aromatic N) is 3. The molecule has 1 N–H and O–H groups in total. The minimum atomic E-state index is -3.92. The summed E-state index contributed by atoms with van der Waals surface area (Å²) in [6.45, 7) is 2.34. The molecule has 14 heteroatoms. The number of benzene rings is 1. The van der Waals surface area contributed by atoms with Crippen LogP contribution in [0.3, 0.4) is 0 Å². The van der Waals surface area contributed by atoms with Crippen LogP contribution in [0.25, 0.3) is 9.75 Å². The summed E-state index contributed by atoms with van der Waals surface area (Å²) in [5.41, 5.74) is 1.03. The lowest BCUT2D eigenvalue weighted by atomic mass is 10.1. The van der Waals surface area contributed by atoms with Crippen molar-refractivity contribution in [3.63, 3.8) is 0 Å². The minimum absolute atomic E-state index is 0.0331. The molecule has 2 aliphatic heterocycles. The highest BCUT2D eigenvalue weighted by Gasteiger charge is 2.36.